The summed E-state index contributed by atoms with van der Waals surface area (Å²) in [6, 6.07) is 0. The van der Waals surface area contributed by atoms with Crippen molar-refractivity contribution < 1.29 is 0 Å². The molecule has 3 heteroatoms. The van der Waals surface area contributed by atoms with Crippen molar-refractivity contribution >= 4 is 0 Å². The number of hydrogen-bond donors (Lipinski definition) is 1. The van der Waals surface area contributed by atoms with Crippen molar-refractivity contribution in [3.05, 3.63) is 27.4 Å². The van der Waals surface area contributed by atoms with Crippen LogP contribution >= 0.6 is 0 Å². The predicted octanol–water partition coefficient (Wildman–Crippen LogP) is 2.70. The summed E-state index contributed by atoms with van der Waals surface area (Å²) in [6.45, 7) is 0. The summed E-state index contributed by atoms with van der Waals surface area (Å²) < 4.78 is 0. The van der Waals surface area contributed by atoms with Crippen molar-refractivity contribution in [3.8, 4) is 0 Å². The quantitative estimate of drug-likeness (QED) is 0.757. The van der Waals surface area contributed by atoms with Gasteiger partial charge in [0.25, 0.3) is 5.56 Å². The van der Waals surface area contributed by atoms with Crippen molar-refractivity contribution in [1.29, 1.82) is 0 Å². The predicted molar refractivity (Wildman–Crippen MR) is 67.3 cm³/mol. The molecule has 0 aliphatic heterocycles. The van der Waals surface area contributed by atoms with Crippen LogP contribution in [0, 0.1) is 0 Å². The average molecular weight is 232 g/mol. The Balaban J connectivity index is 1.92. The van der Waals surface area contributed by atoms with E-state index in [0.29, 0.717) is 5.92 Å². The highest BCUT2D eigenvalue weighted by Crippen LogP contribution is 2.30. The molecule has 1 aromatic heterocycles. The molecule has 1 N–H and O–H groups in total. The monoisotopic (exact) mass is 232 g/mol. The molecule has 17 heavy (non-hydrogen) atoms. The van der Waals surface area contributed by atoms with Gasteiger partial charge >= 0.3 is 0 Å². The molecule has 0 saturated heterocycles. The van der Waals surface area contributed by atoms with E-state index in [1.165, 1.54) is 38.5 Å². The minimum absolute atomic E-state index is 0.131. The molecule has 0 aromatic carbocycles. The Labute approximate surface area is 102 Å². The van der Waals surface area contributed by atoms with Crippen molar-refractivity contribution in [2.24, 2.45) is 0 Å². The fourth-order valence-corrected chi connectivity index (χ4v) is 3.21. The lowest BCUT2D eigenvalue weighted by molar-refractivity contribution is 0.555. The molecule has 1 fully saturated rings. The largest absolute Gasteiger partial charge is 0.310 e. The first kappa shape index (κ1) is 11.0. The van der Waals surface area contributed by atoms with Crippen molar-refractivity contribution in [2.75, 3.05) is 0 Å². The molecular formula is C14H20N2O. The van der Waals surface area contributed by atoms with Gasteiger partial charge in [-0.25, -0.2) is 4.98 Å². The Kier molecular flexibility index (Phi) is 3.00. The van der Waals surface area contributed by atoms with E-state index in [0.717, 1.165) is 36.3 Å². The summed E-state index contributed by atoms with van der Waals surface area (Å²) in [6.07, 6.45) is 10.7. The van der Waals surface area contributed by atoms with Gasteiger partial charge < -0.3 is 4.98 Å². The third-order valence-corrected chi connectivity index (χ3v) is 4.20. The first-order valence-electron chi connectivity index (χ1n) is 6.96. The summed E-state index contributed by atoms with van der Waals surface area (Å²) in [4.78, 5) is 19.7. The van der Waals surface area contributed by atoms with E-state index in [-0.39, 0.29) is 5.56 Å². The van der Waals surface area contributed by atoms with Crippen LogP contribution in [-0.4, -0.2) is 9.97 Å². The Morgan fingerprint density at radius 2 is 1.76 bits per heavy atom. The highest BCUT2D eigenvalue weighted by molar-refractivity contribution is 5.23. The maximum Gasteiger partial charge on any atom is 0.254 e. The second-order valence-corrected chi connectivity index (χ2v) is 5.42. The number of hydrogen-bond acceptors (Lipinski definition) is 2. The van der Waals surface area contributed by atoms with E-state index in [2.05, 4.69) is 4.98 Å². The maximum atomic E-state index is 12.0. The van der Waals surface area contributed by atoms with E-state index in [9.17, 15) is 4.79 Å². The van der Waals surface area contributed by atoms with Crippen LogP contribution in [0.15, 0.2) is 4.79 Å². The second kappa shape index (κ2) is 4.63. The molecule has 0 amide bonds. The van der Waals surface area contributed by atoms with Crippen LogP contribution in [0.5, 0.6) is 0 Å². The Bertz CT molecular complexity index is 456. The zero-order valence-corrected chi connectivity index (χ0v) is 10.3. The van der Waals surface area contributed by atoms with Gasteiger partial charge in [-0.1, -0.05) is 25.7 Å². The molecule has 3 nitrogen and oxygen atoms in total. The van der Waals surface area contributed by atoms with Gasteiger partial charge in [-0.3, -0.25) is 4.79 Å². The Morgan fingerprint density at radius 1 is 1.00 bits per heavy atom. The second-order valence-electron chi connectivity index (χ2n) is 5.42. The lowest BCUT2D eigenvalue weighted by Gasteiger charge is -2.13. The van der Waals surface area contributed by atoms with Crippen LogP contribution in [0.2, 0.25) is 0 Å². The highest BCUT2D eigenvalue weighted by atomic mass is 16.1. The third kappa shape index (κ3) is 2.15. The molecule has 1 heterocycles. The number of H-pyrrole nitrogens is 1. The topological polar surface area (TPSA) is 45.8 Å². The van der Waals surface area contributed by atoms with E-state index in [4.69, 9.17) is 4.98 Å². The standard InChI is InChI=1S/C14H20N2O/c17-14-11-8-5-9-12(11)15-13(16-14)10-6-3-1-2-4-7-10/h10H,1-9H2,(H,15,16,17). The molecule has 0 radical (unpaired) electrons. The molecule has 92 valence electrons. The van der Waals surface area contributed by atoms with Crippen LogP contribution in [0.25, 0.3) is 0 Å². The first-order valence-corrected chi connectivity index (χ1v) is 6.96. The van der Waals surface area contributed by atoms with Crippen LogP contribution in [-0.2, 0) is 12.8 Å². The summed E-state index contributed by atoms with van der Waals surface area (Å²) in [5.41, 5.74) is 2.15. The molecule has 0 spiro atoms. The van der Waals surface area contributed by atoms with Crippen LogP contribution in [0.1, 0.15) is 67.9 Å². The van der Waals surface area contributed by atoms with Gasteiger partial charge in [-0.15, -0.1) is 0 Å². The fraction of sp³-hybridized carbons (Fsp3) is 0.714. The third-order valence-electron chi connectivity index (χ3n) is 4.20. The van der Waals surface area contributed by atoms with Gasteiger partial charge in [0.15, 0.2) is 0 Å². The molecule has 0 atom stereocenters. The minimum Gasteiger partial charge on any atom is -0.310 e. The van der Waals surface area contributed by atoms with E-state index >= 15 is 0 Å². The normalized spacial score (nSPS) is 21.2. The molecular weight excluding hydrogens is 212 g/mol. The highest BCUT2D eigenvalue weighted by Gasteiger charge is 2.21. The van der Waals surface area contributed by atoms with E-state index < -0.39 is 0 Å². The number of rotatable bonds is 1. The van der Waals surface area contributed by atoms with Crippen molar-refractivity contribution in [3.63, 3.8) is 0 Å². The smallest absolute Gasteiger partial charge is 0.254 e. The van der Waals surface area contributed by atoms with Gasteiger partial charge in [0, 0.05) is 11.5 Å². The van der Waals surface area contributed by atoms with E-state index in [1.54, 1.807) is 0 Å². The van der Waals surface area contributed by atoms with Gasteiger partial charge in [0.1, 0.15) is 5.82 Å². The van der Waals surface area contributed by atoms with E-state index in [1.807, 2.05) is 0 Å². The number of nitrogens with one attached hydrogen (secondary N) is 1. The lowest BCUT2D eigenvalue weighted by Crippen LogP contribution is -2.19. The molecule has 2 aliphatic carbocycles. The molecule has 2 aliphatic rings. The zero-order chi connectivity index (χ0) is 11.7. The van der Waals surface area contributed by atoms with Crippen molar-refractivity contribution in [1.82, 2.24) is 9.97 Å². The maximum absolute atomic E-state index is 12.0. The molecule has 1 aromatic rings. The SMILES string of the molecule is O=c1[nH]c(C2CCCCCC2)nc2c1CCC2. The zero-order valence-electron chi connectivity index (χ0n) is 10.3. The first-order chi connectivity index (χ1) is 8.34. The van der Waals surface area contributed by atoms with Crippen LogP contribution in [0.3, 0.4) is 0 Å². The summed E-state index contributed by atoms with van der Waals surface area (Å²) >= 11 is 0. The van der Waals surface area contributed by atoms with Gasteiger partial charge in [0.2, 0.25) is 0 Å². The van der Waals surface area contributed by atoms with Crippen LogP contribution in [0.4, 0.5) is 0 Å². The molecule has 0 unspecified atom stereocenters. The lowest BCUT2D eigenvalue weighted by atomic mass is 9.99. The van der Waals surface area contributed by atoms with Gasteiger partial charge in [-0.05, 0) is 32.1 Å². The fourth-order valence-electron chi connectivity index (χ4n) is 3.21. The number of aromatic nitrogens is 2. The average Bonchev–Trinajstić information content (AvgIpc) is 2.63. The minimum atomic E-state index is 0.131. The molecule has 0 bridgehead atoms. The number of nitrogens with zero attached hydrogens (tertiary/aromatic N) is 1. The molecule has 3 rings (SSSR count). The number of aromatic amines is 1. The Hall–Kier alpha value is -1.12. The molecule has 1 saturated carbocycles. The van der Waals surface area contributed by atoms with Crippen molar-refractivity contribution in [2.45, 2.75) is 63.7 Å². The number of fused-ring (bicyclic) bond motifs is 1. The Morgan fingerprint density at radius 3 is 2.53 bits per heavy atom. The van der Waals surface area contributed by atoms with Crippen LogP contribution < -0.4 is 5.56 Å². The summed E-state index contributed by atoms with van der Waals surface area (Å²) in [5.74, 6) is 1.47. The van der Waals surface area contributed by atoms with Gasteiger partial charge in [0.05, 0.1) is 5.69 Å². The summed E-state index contributed by atoms with van der Waals surface area (Å²) in [7, 11) is 0. The summed E-state index contributed by atoms with van der Waals surface area (Å²) in [5, 5.41) is 0. The number of aryl methyl sites for hydroxylation is 1. The van der Waals surface area contributed by atoms with Gasteiger partial charge in [-0.2, -0.15) is 0 Å².